The molecule has 2 heterocycles. The highest BCUT2D eigenvalue weighted by atomic mass is 15.3. The lowest BCUT2D eigenvalue weighted by molar-refractivity contribution is 0.284. The Balaban J connectivity index is 1.92. The molecule has 1 saturated heterocycles. The monoisotopic (exact) mass is 207 g/mol. The Morgan fingerprint density at radius 2 is 2.33 bits per heavy atom. The third kappa shape index (κ3) is 2.59. The maximum absolute atomic E-state index is 4.40. The summed E-state index contributed by atoms with van der Waals surface area (Å²) < 4.78 is 2.13. The van der Waals surface area contributed by atoms with Crippen LogP contribution in [0.25, 0.3) is 0 Å². The first kappa shape index (κ1) is 10.7. The molecule has 1 aromatic heterocycles. The molecule has 0 radical (unpaired) electrons. The maximum atomic E-state index is 4.40. The Kier molecular flexibility index (Phi) is 3.10. The molecule has 0 spiro atoms. The maximum Gasteiger partial charge on any atom is 0.0658 e. The first-order valence-electron chi connectivity index (χ1n) is 5.88. The second kappa shape index (κ2) is 4.35. The van der Waals surface area contributed by atoms with Gasteiger partial charge < -0.3 is 4.90 Å². The average molecular weight is 207 g/mol. The zero-order valence-corrected chi connectivity index (χ0v) is 9.98. The highest BCUT2D eigenvalue weighted by molar-refractivity contribution is 5.01. The van der Waals surface area contributed by atoms with Crippen molar-refractivity contribution in [2.24, 2.45) is 5.92 Å². The van der Waals surface area contributed by atoms with Gasteiger partial charge in [-0.1, -0.05) is 13.8 Å². The molecule has 0 amide bonds. The molecule has 1 aliphatic rings. The zero-order valence-electron chi connectivity index (χ0n) is 9.98. The summed E-state index contributed by atoms with van der Waals surface area (Å²) in [4.78, 5) is 2.55. The van der Waals surface area contributed by atoms with Crippen molar-refractivity contribution >= 4 is 0 Å². The summed E-state index contributed by atoms with van der Waals surface area (Å²) in [6.07, 6.45) is 5.35. The predicted octanol–water partition coefficient (Wildman–Crippen LogP) is 2.09. The molecule has 1 aromatic rings. The summed E-state index contributed by atoms with van der Waals surface area (Å²) in [5.41, 5.74) is 1.26. The van der Waals surface area contributed by atoms with Crippen molar-refractivity contribution in [3.8, 4) is 0 Å². The minimum absolute atomic E-state index is 0.595. The number of likely N-dealkylation sites (tertiary alicyclic amines) is 1. The van der Waals surface area contributed by atoms with E-state index in [2.05, 4.69) is 41.6 Å². The standard InChI is InChI=1S/C12H21N3/c1-10(2)7-14-5-4-12(9-14)15-8-11(3)6-13-15/h6,8,10,12H,4-5,7,9H2,1-3H3. The van der Waals surface area contributed by atoms with Crippen LogP contribution in [0.4, 0.5) is 0 Å². The van der Waals surface area contributed by atoms with Crippen LogP contribution in [-0.4, -0.2) is 34.3 Å². The van der Waals surface area contributed by atoms with Gasteiger partial charge in [-0.15, -0.1) is 0 Å². The minimum Gasteiger partial charge on any atom is -0.301 e. The summed E-state index contributed by atoms with van der Waals surface area (Å²) >= 11 is 0. The van der Waals surface area contributed by atoms with E-state index in [0.29, 0.717) is 6.04 Å². The van der Waals surface area contributed by atoms with Crippen molar-refractivity contribution in [2.75, 3.05) is 19.6 Å². The van der Waals surface area contributed by atoms with Crippen molar-refractivity contribution in [1.82, 2.24) is 14.7 Å². The van der Waals surface area contributed by atoms with Gasteiger partial charge in [-0.05, 0) is 24.8 Å². The van der Waals surface area contributed by atoms with Crippen LogP contribution in [0, 0.1) is 12.8 Å². The van der Waals surface area contributed by atoms with Gasteiger partial charge in [0.25, 0.3) is 0 Å². The van der Waals surface area contributed by atoms with E-state index in [9.17, 15) is 0 Å². The lowest BCUT2D eigenvalue weighted by atomic mass is 10.2. The summed E-state index contributed by atoms with van der Waals surface area (Å²) in [5.74, 6) is 0.767. The van der Waals surface area contributed by atoms with Gasteiger partial charge in [-0.2, -0.15) is 5.10 Å². The fraction of sp³-hybridized carbons (Fsp3) is 0.750. The summed E-state index contributed by atoms with van der Waals surface area (Å²) in [6.45, 7) is 10.3. The minimum atomic E-state index is 0.595. The number of aromatic nitrogens is 2. The molecule has 1 unspecified atom stereocenters. The van der Waals surface area contributed by atoms with E-state index in [1.165, 1.54) is 31.6 Å². The van der Waals surface area contributed by atoms with Crippen LogP contribution in [0.3, 0.4) is 0 Å². The average Bonchev–Trinajstić information content (AvgIpc) is 2.72. The highest BCUT2D eigenvalue weighted by Gasteiger charge is 2.24. The SMILES string of the molecule is Cc1cnn(C2CCN(CC(C)C)C2)c1. The Bertz CT molecular complexity index is 316. The van der Waals surface area contributed by atoms with E-state index in [4.69, 9.17) is 0 Å². The van der Waals surface area contributed by atoms with Crippen molar-refractivity contribution in [3.05, 3.63) is 18.0 Å². The largest absolute Gasteiger partial charge is 0.301 e. The van der Waals surface area contributed by atoms with E-state index >= 15 is 0 Å². The third-order valence-corrected chi connectivity index (χ3v) is 2.98. The fourth-order valence-electron chi connectivity index (χ4n) is 2.34. The van der Waals surface area contributed by atoms with Crippen LogP contribution in [0.1, 0.15) is 31.9 Å². The van der Waals surface area contributed by atoms with Crippen molar-refractivity contribution in [2.45, 2.75) is 33.2 Å². The van der Waals surface area contributed by atoms with Gasteiger partial charge >= 0.3 is 0 Å². The van der Waals surface area contributed by atoms with Gasteiger partial charge in [0, 0.05) is 25.8 Å². The van der Waals surface area contributed by atoms with E-state index in [1.807, 2.05) is 6.20 Å². The van der Waals surface area contributed by atoms with E-state index in [1.54, 1.807) is 0 Å². The van der Waals surface area contributed by atoms with Gasteiger partial charge in [0.05, 0.1) is 12.2 Å². The smallest absolute Gasteiger partial charge is 0.0658 e. The molecule has 0 aliphatic carbocycles. The summed E-state index contributed by atoms with van der Waals surface area (Å²) in [6, 6.07) is 0.595. The molecule has 1 aliphatic heterocycles. The number of nitrogens with zero attached hydrogens (tertiary/aromatic N) is 3. The van der Waals surface area contributed by atoms with Crippen LogP contribution < -0.4 is 0 Å². The first-order valence-corrected chi connectivity index (χ1v) is 5.88. The van der Waals surface area contributed by atoms with Gasteiger partial charge in [0.15, 0.2) is 0 Å². The normalized spacial score (nSPS) is 22.8. The number of hydrogen-bond donors (Lipinski definition) is 0. The van der Waals surface area contributed by atoms with E-state index in [0.717, 1.165) is 5.92 Å². The Hall–Kier alpha value is -0.830. The summed E-state index contributed by atoms with van der Waals surface area (Å²) in [5, 5.41) is 4.40. The highest BCUT2D eigenvalue weighted by Crippen LogP contribution is 2.21. The lowest BCUT2D eigenvalue weighted by Gasteiger charge is -2.18. The number of aryl methyl sites for hydroxylation is 1. The van der Waals surface area contributed by atoms with Gasteiger partial charge in [-0.25, -0.2) is 0 Å². The molecule has 0 bridgehead atoms. The van der Waals surface area contributed by atoms with Gasteiger partial charge in [-0.3, -0.25) is 4.68 Å². The van der Waals surface area contributed by atoms with Gasteiger partial charge in [0.2, 0.25) is 0 Å². The summed E-state index contributed by atoms with van der Waals surface area (Å²) in [7, 11) is 0. The number of hydrogen-bond acceptors (Lipinski definition) is 2. The van der Waals surface area contributed by atoms with Crippen molar-refractivity contribution < 1.29 is 0 Å². The Labute approximate surface area is 92.1 Å². The topological polar surface area (TPSA) is 21.1 Å². The molecule has 3 heteroatoms. The molecular formula is C12H21N3. The molecule has 15 heavy (non-hydrogen) atoms. The third-order valence-electron chi connectivity index (χ3n) is 2.98. The molecule has 0 N–H and O–H groups in total. The number of rotatable bonds is 3. The van der Waals surface area contributed by atoms with Crippen LogP contribution >= 0.6 is 0 Å². The molecule has 2 rings (SSSR count). The second-order valence-corrected chi connectivity index (χ2v) is 5.09. The predicted molar refractivity (Wildman–Crippen MR) is 61.9 cm³/mol. The van der Waals surface area contributed by atoms with Crippen LogP contribution in [0.5, 0.6) is 0 Å². The Morgan fingerprint density at radius 3 is 2.93 bits per heavy atom. The molecule has 84 valence electrons. The second-order valence-electron chi connectivity index (χ2n) is 5.09. The van der Waals surface area contributed by atoms with Crippen LogP contribution in [0.15, 0.2) is 12.4 Å². The van der Waals surface area contributed by atoms with Crippen molar-refractivity contribution in [3.63, 3.8) is 0 Å². The molecule has 3 nitrogen and oxygen atoms in total. The van der Waals surface area contributed by atoms with Crippen LogP contribution in [-0.2, 0) is 0 Å². The van der Waals surface area contributed by atoms with Crippen molar-refractivity contribution in [1.29, 1.82) is 0 Å². The van der Waals surface area contributed by atoms with E-state index < -0.39 is 0 Å². The molecule has 1 atom stereocenters. The zero-order chi connectivity index (χ0) is 10.8. The molecule has 0 aromatic carbocycles. The quantitative estimate of drug-likeness (QED) is 0.757. The molecular weight excluding hydrogens is 186 g/mol. The fourth-order valence-corrected chi connectivity index (χ4v) is 2.34. The van der Waals surface area contributed by atoms with Crippen LogP contribution in [0.2, 0.25) is 0 Å². The van der Waals surface area contributed by atoms with E-state index in [-0.39, 0.29) is 0 Å². The molecule has 0 saturated carbocycles. The Morgan fingerprint density at radius 1 is 1.53 bits per heavy atom. The van der Waals surface area contributed by atoms with Gasteiger partial charge in [0.1, 0.15) is 0 Å². The molecule has 1 fully saturated rings. The lowest BCUT2D eigenvalue weighted by Crippen LogP contribution is -2.25. The first-order chi connectivity index (χ1) is 7.15.